The van der Waals surface area contributed by atoms with Gasteiger partial charge in [0.15, 0.2) is 0 Å². The molecule has 3 atom stereocenters. The van der Waals surface area contributed by atoms with Crippen molar-refractivity contribution in [1.29, 1.82) is 0 Å². The number of epoxide rings is 1. The van der Waals surface area contributed by atoms with Gasteiger partial charge in [0, 0.05) is 0 Å². The maximum absolute atomic E-state index is 9.10. The molecule has 0 aromatic rings. The van der Waals surface area contributed by atoms with Crippen LogP contribution in [0.1, 0.15) is 27.7 Å². The minimum Gasteiger partial charge on any atom is -0.391 e. The lowest BCUT2D eigenvalue weighted by Gasteiger charge is -2.14. The molecule has 0 aromatic carbocycles. The van der Waals surface area contributed by atoms with Crippen LogP contribution in [0.3, 0.4) is 0 Å². The fourth-order valence-corrected chi connectivity index (χ4v) is 1.19. The molecule has 0 aliphatic carbocycles. The summed E-state index contributed by atoms with van der Waals surface area (Å²) in [5.74, 6) is 0. The van der Waals surface area contributed by atoms with Crippen molar-refractivity contribution in [2.45, 2.75) is 46.0 Å². The highest BCUT2D eigenvalue weighted by molar-refractivity contribution is 4.96. The van der Waals surface area contributed by atoms with Gasteiger partial charge >= 0.3 is 0 Å². The minimum atomic E-state index is -0.316. The van der Waals surface area contributed by atoms with Crippen LogP contribution < -0.4 is 0 Å². The summed E-state index contributed by atoms with van der Waals surface area (Å²) in [6.45, 7) is 8.15. The largest absolute Gasteiger partial charge is 0.391 e. The molecule has 0 bridgehead atoms. The van der Waals surface area contributed by atoms with Gasteiger partial charge in [0.1, 0.15) is 6.10 Å². The first-order valence-corrected chi connectivity index (χ1v) is 3.76. The van der Waals surface area contributed by atoms with Crippen LogP contribution in [0.2, 0.25) is 0 Å². The smallest absolute Gasteiger partial charge is 0.110 e. The van der Waals surface area contributed by atoms with Crippen LogP contribution in [0.15, 0.2) is 0 Å². The molecule has 1 saturated heterocycles. The Labute approximate surface area is 62.2 Å². The molecule has 1 fully saturated rings. The molecule has 0 spiro atoms. The zero-order valence-corrected chi connectivity index (χ0v) is 7.09. The van der Waals surface area contributed by atoms with Crippen LogP contribution in [0.5, 0.6) is 0 Å². The Morgan fingerprint density at radius 1 is 1.40 bits per heavy atom. The van der Waals surface area contributed by atoms with Crippen molar-refractivity contribution in [3.8, 4) is 0 Å². The van der Waals surface area contributed by atoms with E-state index in [0.29, 0.717) is 0 Å². The van der Waals surface area contributed by atoms with Crippen molar-refractivity contribution >= 4 is 0 Å². The Morgan fingerprint density at radius 2 is 1.90 bits per heavy atom. The maximum Gasteiger partial charge on any atom is 0.110 e. The summed E-state index contributed by atoms with van der Waals surface area (Å²) < 4.78 is 5.29. The van der Waals surface area contributed by atoms with Gasteiger partial charge in [0.25, 0.3) is 0 Å². The summed E-state index contributed by atoms with van der Waals surface area (Å²) in [5, 5.41) is 9.10. The average molecular weight is 144 g/mol. The highest BCUT2D eigenvalue weighted by Gasteiger charge is 2.49. The molecule has 0 saturated carbocycles. The first-order chi connectivity index (χ1) is 4.43. The summed E-state index contributed by atoms with van der Waals surface area (Å²) in [5.41, 5.74) is 0.182. The Hall–Kier alpha value is -0.0800. The van der Waals surface area contributed by atoms with Gasteiger partial charge in [0.05, 0.1) is 12.2 Å². The van der Waals surface area contributed by atoms with Crippen molar-refractivity contribution < 1.29 is 9.84 Å². The SMILES string of the molecule is C[C@H](O)[C@@H]1O[C@H]1C(C)(C)C. The Bertz CT molecular complexity index is 124. The molecular weight excluding hydrogens is 128 g/mol. The van der Waals surface area contributed by atoms with Gasteiger partial charge < -0.3 is 9.84 Å². The number of ether oxygens (including phenoxy) is 1. The second kappa shape index (κ2) is 2.21. The molecule has 10 heavy (non-hydrogen) atoms. The predicted octanol–water partition coefficient (Wildman–Crippen LogP) is 1.18. The average Bonchev–Trinajstić information content (AvgIpc) is 2.35. The molecule has 0 radical (unpaired) electrons. The third kappa shape index (κ3) is 1.50. The maximum atomic E-state index is 9.10. The van der Waals surface area contributed by atoms with E-state index in [1.807, 2.05) is 0 Å². The van der Waals surface area contributed by atoms with E-state index in [9.17, 15) is 0 Å². The van der Waals surface area contributed by atoms with Gasteiger partial charge in [-0.05, 0) is 12.3 Å². The van der Waals surface area contributed by atoms with Crippen molar-refractivity contribution in [3.05, 3.63) is 0 Å². The van der Waals surface area contributed by atoms with E-state index in [2.05, 4.69) is 20.8 Å². The number of rotatable bonds is 1. The molecule has 2 nitrogen and oxygen atoms in total. The van der Waals surface area contributed by atoms with Gasteiger partial charge in [-0.1, -0.05) is 20.8 Å². The Balaban J connectivity index is 2.39. The topological polar surface area (TPSA) is 32.8 Å². The molecule has 2 heteroatoms. The lowest BCUT2D eigenvalue weighted by atomic mass is 9.89. The molecule has 0 aromatic heterocycles. The standard InChI is InChI=1S/C8H16O2/c1-5(9)6-7(10-6)8(2,3)4/h5-7,9H,1-4H3/t5-,6-,7+/m0/s1. The second-order valence-corrected chi connectivity index (χ2v) is 4.13. The van der Waals surface area contributed by atoms with Crippen LogP contribution in [0, 0.1) is 5.41 Å². The molecule has 60 valence electrons. The molecule has 1 aliphatic heterocycles. The lowest BCUT2D eigenvalue weighted by molar-refractivity contribution is 0.152. The van der Waals surface area contributed by atoms with Crippen molar-refractivity contribution in [3.63, 3.8) is 0 Å². The molecule has 0 unspecified atom stereocenters. The summed E-state index contributed by atoms with van der Waals surface area (Å²) in [7, 11) is 0. The monoisotopic (exact) mass is 144 g/mol. The minimum absolute atomic E-state index is 0.0833. The van der Waals surface area contributed by atoms with E-state index in [4.69, 9.17) is 9.84 Å². The van der Waals surface area contributed by atoms with Crippen LogP contribution in [-0.2, 0) is 4.74 Å². The van der Waals surface area contributed by atoms with Crippen molar-refractivity contribution in [2.24, 2.45) is 5.41 Å². The summed E-state index contributed by atoms with van der Waals surface area (Å²) >= 11 is 0. The first-order valence-electron chi connectivity index (χ1n) is 3.76. The van der Waals surface area contributed by atoms with Crippen LogP contribution in [-0.4, -0.2) is 23.4 Å². The summed E-state index contributed by atoms with van der Waals surface area (Å²) in [4.78, 5) is 0. The van der Waals surface area contributed by atoms with E-state index in [1.54, 1.807) is 6.92 Å². The van der Waals surface area contributed by atoms with Crippen molar-refractivity contribution in [2.75, 3.05) is 0 Å². The number of aliphatic hydroxyl groups is 1. The van der Waals surface area contributed by atoms with Gasteiger partial charge in [-0.3, -0.25) is 0 Å². The molecule has 1 N–H and O–H groups in total. The first kappa shape index (κ1) is 8.02. The highest BCUT2D eigenvalue weighted by atomic mass is 16.6. The second-order valence-electron chi connectivity index (χ2n) is 4.13. The van der Waals surface area contributed by atoms with Crippen LogP contribution in [0.25, 0.3) is 0 Å². The quantitative estimate of drug-likeness (QED) is 0.560. The molecule has 0 amide bonds. The van der Waals surface area contributed by atoms with E-state index >= 15 is 0 Å². The summed E-state index contributed by atoms with van der Waals surface area (Å²) in [6.07, 6.45) is 0.0247. The van der Waals surface area contributed by atoms with Gasteiger partial charge in [0.2, 0.25) is 0 Å². The van der Waals surface area contributed by atoms with E-state index in [-0.39, 0.29) is 23.7 Å². The van der Waals surface area contributed by atoms with Crippen LogP contribution >= 0.6 is 0 Å². The van der Waals surface area contributed by atoms with E-state index in [1.165, 1.54) is 0 Å². The zero-order chi connectivity index (χ0) is 7.94. The van der Waals surface area contributed by atoms with Gasteiger partial charge in [-0.2, -0.15) is 0 Å². The molecule has 1 heterocycles. The van der Waals surface area contributed by atoms with Crippen LogP contribution in [0.4, 0.5) is 0 Å². The van der Waals surface area contributed by atoms with Gasteiger partial charge in [-0.15, -0.1) is 0 Å². The fourth-order valence-electron chi connectivity index (χ4n) is 1.19. The van der Waals surface area contributed by atoms with E-state index < -0.39 is 0 Å². The third-order valence-electron chi connectivity index (χ3n) is 1.85. The van der Waals surface area contributed by atoms with Gasteiger partial charge in [-0.25, -0.2) is 0 Å². The fraction of sp³-hybridized carbons (Fsp3) is 1.00. The Kier molecular flexibility index (Phi) is 1.77. The van der Waals surface area contributed by atoms with E-state index in [0.717, 1.165) is 0 Å². The third-order valence-corrected chi connectivity index (χ3v) is 1.85. The number of hydrogen-bond acceptors (Lipinski definition) is 2. The lowest BCUT2D eigenvalue weighted by Crippen LogP contribution is -2.21. The summed E-state index contributed by atoms with van der Waals surface area (Å²) in [6, 6.07) is 0. The van der Waals surface area contributed by atoms with Crippen molar-refractivity contribution in [1.82, 2.24) is 0 Å². The predicted molar refractivity (Wildman–Crippen MR) is 39.8 cm³/mol. The normalized spacial score (nSPS) is 35.7. The number of hydrogen-bond donors (Lipinski definition) is 1. The highest BCUT2D eigenvalue weighted by Crippen LogP contribution is 2.39. The Morgan fingerprint density at radius 3 is 2.00 bits per heavy atom. The molecular formula is C8H16O2. The molecule has 1 aliphatic rings. The number of aliphatic hydroxyl groups excluding tert-OH is 1. The molecule has 1 rings (SSSR count). The zero-order valence-electron chi connectivity index (χ0n) is 7.09.